The van der Waals surface area contributed by atoms with Gasteiger partial charge in [-0.25, -0.2) is 0 Å². The largest absolute Gasteiger partial charge is 0.522 e. The number of halogens is 7. The van der Waals surface area contributed by atoms with E-state index in [0.29, 0.717) is 0 Å². The van der Waals surface area contributed by atoms with Gasteiger partial charge in [-0.3, -0.25) is 9.13 Å². The van der Waals surface area contributed by atoms with Crippen LogP contribution in [0.4, 0.5) is 30.7 Å². The summed E-state index contributed by atoms with van der Waals surface area (Å²) in [4.78, 5) is 0. The van der Waals surface area contributed by atoms with Gasteiger partial charge in [-0.2, -0.15) is 13.2 Å². The van der Waals surface area contributed by atoms with Crippen LogP contribution < -0.4 is 0 Å². The zero-order chi connectivity index (χ0) is 13.2. The highest BCUT2D eigenvalue weighted by atomic mass is 19.4. The molecule has 0 aliphatic carbocycles. The van der Waals surface area contributed by atoms with E-state index in [1.54, 1.807) is 0 Å². The number of hydrogen-bond donors (Lipinski definition) is 0. The van der Waals surface area contributed by atoms with Crippen molar-refractivity contribution in [1.82, 2.24) is 0 Å². The van der Waals surface area contributed by atoms with Crippen molar-refractivity contribution in [2.24, 2.45) is 0 Å². The molecule has 100 valence electrons. The van der Waals surface area contributed by atoms with Gasteiger partial charge in [0.15, 0.2) is 0 Å². The summed E-state index contributed by atoms with van der Waals surface area (Å²) in [6.07, 6.45) is -9.00. The van der Waals surface area contributed by atoms with E-state index in [9.17, 15) is 30.7 Å². The molecule has 0 amide bonds. The van der Waals surface area contributed by atoms with Gasteiger partial charge in [-0.15, -0.1) is 13.2 Å². The average molecular weight is 260 g/mol. The monoisotopic (exact) mass is 260 g/mol. The first-order valence-corrected chi connectivity index (χ1v) is 3.94. The first-order valence-electron chi connectivity index (χ1n) is 3.94. The lowest BCUT2D eigenvalue weighted by Crippen LogP contribution is -2.14. The summed E-state index contributed by atoms with van der Waals surface area (Å²) in [5.41, 5.74) is 0. The van der Waals surface area contributed by atoms with Crippen LogP contribution in [0.15, 0.2) is 0 Å². The van der Waals surface area contributed by atoms with Crippen LogP contribution >= 0.6 is 0 Å². The van der Waals surface area contributed by atoms with Crippen molar-refractivity contribution < 1.29 is 40.2 Å². The van der Waals surface area contributed by atoms with Crippen LogP contribution in [0.5, 0.6) is 0 Å². The van der Waals surface area contributed by atoms with E-state index in [1.807, 2.05) is 0 Å². The lowest BCUT2D eigenvalue weighted by molar-refractivity contribution is -0.324. The summed E-state index contributed by atoms with van der Waals surface area (Å²) in [5, 5.41) is 0. The summed E-state index contributed by atoms with van der Waals surface area (Å²) < 4.78 is 84.0. The van der Waals surface area contributed by atoms with Gasteiger partial charge in [-0.1, -0.05) is 0 Å². The maximum absolute atomic E-state index is 11.1. The second-order valence-electron chi connectivity index (χ2n) is 2.38. The SMILES string of the molecule is COCC(F)(F)F.FCCCOC(F)(F)F. The molecule has 0 saturated carbocycles. The lowest BCUT2D eigenvalue weighted by Gasteiger charge is -2.04. The van der Waals surface area contributed by atoms with Gasteiger partial charge in [-0.05, 0) is 6.42 Å². The molecule has 9 heteroatoms. The van der Waals surface area contributed by atoms with E-state index >= 15 is 0 Å². The zero-order valence-corrected chi connectivity index (χ0v) is 8.29. The summed E-state index contributed by atoms with van der Waals surface area (Å²) >= 11 is 0. The summed E-state index contributed by atoms with van der Waals surface area (Å²) in [6, 6.07) is 0. The van der Waals surface area contributed by atoms with Crippen molar-refractivity contribution in [1.29, 1.82) is 0 Å². The highest BCUT2D eigenvalue weighted by Crippen LogP contribution is 2.15. The predicted molar refractivity (Wildman–Crippen MR) is 40.5 cm³/mol. The Morgan fingerprint density at radius 3 is 1.69 bits per heavy atom. The zero-order valence-electron chi connectivity index (χ0n) is 8.29. The maximum atomic E-state index is 11.1. The molecule has 0 radical (unpaired) electrons. The molecule has 0 aliphatic rings. The van der Waals surface area contributed by atoms with E-state index in [1.165, 1.54) is 0 Å². The van der Waals surface area contributed by atoms with Crippen LogP contribution in [0.2, 0.25) is 0 Å². The minimum atomic E-state index is -4.62. The van der Waals surface area contributed by atoms with Crippen LogP contribution in [0.1, 0.15) is 6.42 Å². The van der Waals surface area contributed by atoms with Crippen molar-refractivity contribution in [3.05, 3.63) is 0 Å². The molecular weight excluding hydrogens is 249 g/mol. The summed E-state index contributed by atoms with van der Waals surface area (Å²) in [6.45, 7) is -2.54. The van der Waals surface area contributed by atoms with E-state index in [4.69, 9.17) is 0 Å². The van der Waals surface area contributed by atoms with E-state index in [2.05, 4.69) is 9.47 Å². The van der Waals surface area contributed by atoms with Gasteiger partial charge in [0.05, 0.1) is 13.3 Å². The molecule has 0 rings (SSSR count). The smallest absolute Gasteiger partial charge is 0.375 e. The minimum absolute atomic E-state index is 0.209. The van der Waals surface area contributed by atoms with Gasteiger partial charge >= 0.3 is 12.5 Å². The molecule has 0 aromatic carbocycles. The second kappa shape index (κ2) is 8.57. The number of hydrogen-bond acceptors (Lipinski definition) is 2. The Morgan fingerprint density at radius 2 is 1.50 bits per heavy atom. The third-order valence-electron chi connectivity index (χ3n) is 0.852. The van der Waals surface area contributed by atoms with E-state index in [0.717, 1.165) is 7.11 Å². The van der Waals surface area contributed by atoms with Gasteiger partial charge in [0.1, 0.15) is 6.61 Å². The molecule has 0 atom stereocenters. The molecule has 0 unspecified atom stereocenters. The van der Waals surface area contributed by atoms with Crippen LogP contribution in [-0.4, -0.2) is 39.5 Å². The summed E-state index contributed by atoms with van der Waals surface area (Å²) in [7, 11) is 1.01. The Balaban J connectivity index is 0. The molecule has 0 aromatic rings. The Labute approximate surface area is 87.3 Å². The topological polar surface area (TPSA) is 18.5 Å². The molecule has 16 heavy (non-hydrogen) atoms. The van der Waals surface area contributed by atoms with Gasteiger partial charge in [0.25, 0.3) is 0 Å². The van der Waals surface area contributed by atoms with Crippen LogP contribution in [0, 0.1) is 0 Å². The van der Waals surface area contributed by atoms with Gasteiger partial charge in [0, 0.05) is 7.11 Å². The van der Waals surface area contributed by atoms with Crippen molar-refractivity contribution in [2.75, 3.05) is 27.0 Å². The average Bonchev–Trinajstić information content (AvgIpc) is 2.01. The van der Waals surface area contributed by atoms with Crippen molar-refractivity contribution in [3.63, 3.8) is 0 Å². The normalized spacial score (nSPS) is 12.0. The molecule has 0 spiro atoms. The maximum Gasteiger partial charge on any atom is 0.522 e. The number of ether oxygens (including phenoxy) is 2. The Morgan fingerprint density at radius 1 is 1.00 bits per heavy atom. The molecule has 0 fully saturated rings. The number of rotatable bonds is 4. The third-order valence-corrected chi connectivity index (χ3v) is 0.852. The fourth-order valence-electron chi connectivity index (χ4n) is 0.406. The Kier molecular flexibility index (Phi) is 9.54. The van der Waals surface area contributed by atoms with Crippen LogP contribution in [0.25, 0.3) is 0 Å². The number of methoxy groups -OCH3 is 1. The Bertz CT molecular complexity index is 154. The van der Waals surface area contributed by atoms with E-state index < -0.39 is 32.4 Å². The number of alkyl halides is 7. The Hall–Kier alpha value is -0.570. The quantitative estimate of drug-likeness (QED) is 0.571. The van der Waals surface area contributed by atoms with E-state index in [-0.39, 0.29) is 6.42 Å². The molecular formula is C7H11F7O2. The first-order chi connectivity index (χ1) is 7.12. The minimum Gasteiger partial charge on any atom is -0.375 e. The molecule has 0 heterocycles. The third kappa shape index (κ3) is 23.3. The van der Waals surface area contributed by atoms with Gasteiger partial charge < -0.3 is 4.74 Å². The fourth-order valence-corrected chi connectivity index (χ4v) is 0.406. The standard InChI is InChI=1S/C4H6F4O.C3H5F3O/c5-2-1-3-9-4(6,7)8;1-7-2-3(4,5)6/h1-3H2;2H2,1H3. The first kappa shape index (κ1) is 17.8. The summed E-state index contributed by atoms with van der Waals surface area (Å²) in [5.74, 6) is 0. The molecule has 0 aliphatic heterocycles. The molecule has 2 nitrogen and oxygen atoms in total. The second-order valence-corrected chi connectivity index (χ2v) is 2.38. The predicted octanol–water partition coefficient (Wildman–Crippen LogP) is 3.08. The van der Waals surface area contributed by atoms with Crippen LogP contribution in [0.3, 0.4) is 0 Å². The highest BCUT2D eigenvalue weighted by molar-refractivity contribution is 4.41. The fraction of sp³-hybridized carbons (Fsp3) is 1.00. The van der Waals surface area contributed by atoms with Crippen molar-refractivity contribution >= 4 is 0 Å². The lowest BCUT2D eigenvalue weighted by atomic mass is 10.5. The highest BCUT2D eigenvalue weighted by Gasteiger charge is 2.28. The van der Waals surface area contributed by atoms with Crippen LogP contribution in [-0.2, 0) is 9.47 Å². The van der Waals surface area contributed by atoms with Crippen molar-refractivity contribution in [2.45, 2.75) is 19.0 Å². The molecule has 0 N–H and O–H groups in total. The van der Waals surface area contributed by atoms with Gasteiger partial charge in [0.2, 0.25) is 0 Å². The molecule has 0 saturated heterocycles. The molecule has 0 aromatic heterocycles. The van der Waals surface area contributed by atoms with Crippen molar-refractivity contribution in [3.8, 4) is 0 Å². The molecule has 0 bridgehead atoms.